The molecule has 0 aromatic carbocycles. The summed E-state index contributed by atoms with van der Waals surface area (Å²) in [6.07, 6.45) is 2.42. The van der Waals surface area contributed by atoms with Gasteiger partial charge in [0, 0.05) is 16.6 Å². The van der Waals surface area contributed by atoms with Crippen molar-refractivity contribution in [3.05, 3.63) is 0 Å². The number of rotatable bonds is 6. The Morgan fingerprint density at radius 1 is 1.58 bits per heavy atom. The lowest BCUT2D eigenvalue weighted by Crippen LogP contribution is -2.05. The zero-order valence-corrected chi connectivity index (χ0v) is 10.4. The van der Waals surface area contributed by atoms with Crippen LogP contribution in [0.5, 0.6) is 0 Å². The molecule has 0 aromatic rings. The number of carbonyl (C=O) groups excluding carboxylic acids is 1. The zero-order valence-electron chi connectivity index (χ0n) is 7.19. The number of esters is 1. The molecule has 0 bridgehead atoms. The highest BCUT2D eigenvalue weighted by atomic mass is 79.9. The van der Waals surface area contributed by atoms with E-state index >= 15 is 0 Å². The standard InChI is InChI=1S/C8H14Br2O2/c1-2-12-8(11)5-3-4-7(10)6-9/h7H,2-6H2,1H3. The third kappa shape index (κ3) is 7.10. The van der Waals surface area contributed by atoms with Crippen LogP contribution in [0.25, 0.3) is 0 Å². The molecule has 2 nitrogen and oxygen atoms in total. The van der Waals surface area contributed by atoms with E-state index in [0.29, 0.717) is 17.9 Å². The fourth-order valence-corrected chi connectivity index (χ4v) is 1.43. The van der Waals surface area contributed by atoms with Crippen molar-refractivity contribution in [3.8, 4) is 0 Å². The minimum absolute atomic E-state index is 0.0910. The molecule has 0 aliphatic rings. The normalized spacial score (nSPS) is 12.6. The molecule has 1 unspecified atom stereocenters. The van der Waals surface area contributed by atoms with E-state index in [-0.39, 0.29) is 5.97 Å². The predicted octanol–water partition coefficient (Wildman–Crippen LogP) is 2.88. The molecule has 12 heavy (non-hydrogen) atoms. The average Bonchev–Trinajstić information content (AvgIpc) is 2.04. The third-order valence-corrected chi connectivity index (χ3v) is 3.80. The Labute approximate surface area is 90.3 Å². The summed E-state index contributed by atoms with van der Waals surface area (Å²) in [5, 5.41) is 0.926. The highest BCUT2D eigenvalue weighted by Crippen LogP contribution is 2.12. The third-order valence-electron chi connectivity index (χ3n) is 1.37. The first-order valence-corrected chi connectivity index (χ1v) is 6.10. The second-order valence-corrected chi connectivity index (χ2v) is 4.39. The summed E-state index contributed by atoms with van der Waals surface area (Å²) < 4.78 is 4.79. The largest absolute Gasteiger partial charge is 0.466 e. The lowest BCUT2D eigenvalue weighted by molar-refractivity contribution is -0.143. The van der Waals surface area contributed by atoms with Gasteiger partial charge in [-0.1, -0.05) is 31.9 Å². The SMILES string of the molecule is CCOC(=O)CCCC(Br)CBr. The van der Waals surface area contributed by atoms with Crippen molar-refractivity contribution >= 4 is 37.8 Å². The Hall–Kier alpha value is 0.430. The van der Waals surface area contributed by atoms with Crippen molar-refractivity contribution in [1.82, 2.24) is 0 Å². The first-order valence-electron chi connectivity index (χ1n) is 4.06. The maximum atomic E-state index is 10.9. The summed E-state index contributed by atoms with van der Waals surface area (Å²) >= 11 is 6.82. The van der Waals surface area contributed by atoms with Crippen LogP contribution in [-0.2, 0) is 9.53 Å². The van der Waals surface area contributed by atoms with E-state index in [1.807, 2.05) is 6.92 Å². The van der Waals surface area contributed by atoms with Gasteiger partial charge in [-0.25, -0.2) is 0 Å². The molecular weight excluding hydrogens is 288 g/mol. The zero-order chi connectivity index (χ0) is 9.40. The van der Waals surface area contributed by atoms with Crippen molar-refractivity contribution < 1.29 is 9.53 Å². The smallest absolute Gasteiger partial charge is 0.305 e. The molecule has 0 aliphatic heterocycles. The van der Waals surface area contributed by atoms with Crippen LogP contribution in [-0.4, -0.2) is 22.7 Å². The fraction of sp³-hybridized carbons (Fsp3) is 0.875. The van der Waals surface area contributed by atoms with Gasteiger partial charge < -0.3 is 4.74 Å². The average molecular weight is 302 g/mol. The Morgan fingerprint density at radius 3 is 2.75 bits per heavy atom. The molecule has 0 aliphatic carbocycles. The van der Waals surface area contributed by atoms with E-state index in [2.05, 4.69) is 31.9 Å². The fourth-order valence-electron chi connectivity index (χ4n) is 0.778. The molecule has 0 heterocycles. The first kappa shape index (κ1) is 12.4. The van der Waals surface area contributed by atoms with Crippen molar-refractivity contribution in [2.24, 2.45) is 0 Å². The number of halogens is 2. The lowest BCUT2D eigenvalue weighted by atomic mass is 10.2. The number of alkyl halides is 2. The van der Waals surface area contributed by atoms with Gasteiger partial charge in [0.2, 0.25) is 0 Å². The minimum Gasteiger partial charge on any atom is -0.466 e. The summed E-state index contributed by atoms with van der Waals surface area (Å²) in [6.45, 7) is 2.30. The number of ether oxygens (including phenoxy) is 1. The van der Waals surface area contributed by atoms with Crippen LogP contribution < -0.4 is 0 Å². The van der Waals surface area contributed by atoms with E-state index in [1.54, 1.807) is 0 Å². The minimum atomic E-state index is -0.0910. The summed E-state index contributed by atoms with van der Waals surface area (Å²) in [4.78, 5) is 11.3. The van der Waals surface area contributed by atoms with Crippen molar-refractivity contribution in [2.45, 2.75) is 31.0 Å². The van der Waals surface area contributed by atoms with E-state index in [1.165, 1.54) is 0 Å². The Bertz CT molecular complexity index is 128. The summed E-state index contributed by atoms with van der Waals surface area (Å²) in [7, 11) is 0. The van der Waals surface area contributed by atoms with E-state index < -0.39 is 0 Å². The van der Waals surface area contributed by atoms with Crippen LogP contribution in [0.1, 0.15) is 26.2 Å². The molecule has 0 saturated heterocycles. The summed E-state index contributed by atoms with van der Waals surface area (Å²) in [6, 6.07) is 0. The number of hydrogen-bond donors (Lipinski definition) is 0. The van der Waals surface area contributed by atoms with Gasteiger partial charge in [-0.3, -0.25) is 4.79 Å². The van der Waals surface area contributed by atoms with Crippen LogP contribution in [0.15, 0.2) is 0 Å². The molecule has 72 valence electrons. The van der Waals surface area contributed by atoms with Gasteiger partial charge in [-0.2, -0.15) is 0 Å². The van der Waals surface area contributed by atoms with E-state index in [9.17, 15) is 4.79 Å². The van der Waals surface area contributed by atoms with Crippen LogP contribution in [0.2, 0.25) is 0 Å². The van der Waals surface area contributed by atoms with Gasteiger partial charge in [0.15, 0.2) is 0 Å². The lowest BCUT2D eigenvalue weighted by Gasteiger charge is -2.04. The number of hydrogen-bond acceptors (Lipinski definition) is 2. The molecule has 0 aromatic heterocycles. The second kappa shape index (κ2) is 8.05. The Balaban J connectivity index is 3.24. The highest BCUT2D eigenvalue weighted by molar-refractivity contribution is 9.12. The van der Waals surface area contributed by atoms with Crippen LogP contribution in [0.3, 0.4) is 0 Å². The predicted molar refractivity (Wildman–Crippen MR) is 57.0 cm³/mol. The van der Waals surface area contributed by atoms with Crippen LogP contribution in [0, 0.1) is 0 Å². The molecule has 0 N–H and O–H groups in total. The second-order valence-electron chi connectivity index (χ2n) is 2.45. The Kier molecular flexibility index (Phi) is 8.34. The maximum absolute atomic E-state index is 10.9. The van der Waals surface area contributed by atoms with Crippen molar-refractivity contribution in [2.75, 3.05) is 11.9 Å². The van der Waals surface area contributed by atoms with E-state index in [4.69, 9.17) is 4.74 Å². The van der Waals surface area contributed by atoms with Crippen molar-refractivity contribution in [1.29, 1.82) is 0 Å². The molecule has 0 rings (SSSR count). The summed E-state index contributed by atoms with van der Waals surface area (Å²) in [5.41, 5.74) is 0. The van der Waals surface area contributed by atoms with Gasteiger partial charge in [-0.15, -0.1) is 0 Å². The quantitative estimate of drug-likeness (QED) is 0.557. The van der Waals surface area contributed by atoms with E-state index in [0.717, 1.165) is 18.2 Å². The molecule has 0 amide bonds. The topological polar surface area (TPSA) is 26.3 Å². The van der Waals surface area contributed by atoms with Gasteiger partial charge in [0.25, 0.3) is 0 Å². The molecule has 1 atom stereocenters. The molecule has 0 spiro atoms. The van der Waals surface area contributed by atoms with Gasteiger partial charge >= 0.3 is 5.97 Å². The van der Waals surface area contributed by atoms with Crippen LogP contribution >= 0.6 is 31.9 Å². The highest BCUT2D eigenvalue weighted by Gasteiger charge is 2.05. The summed E-state index contributed by atoms with van der Waals surface area (Å²) in [5.74, 6) is -0.0910. The monoisotopic (exact) mass is 300 g/mol. The van der Waals surface area contributed by atoms with Crippen LogP contribution in [0.4, 0.5) is 0 Å². The first-order chi connectivity index (χ1) is 5.70. The molecule has 0 radical (unpaired) electrons. The number of carbonyl (C=O) groups is 1. The van der Waals surface area contributed by atoms with Gasteiger partial charge in [-0.05, 0) is 19.8 Å². The Morgan fingerprint density at radius 2 is 2.25 bits per heavy atom. The molecule has 0 fully saturated rings. The van der Waals surface area contributed by atoms with Crippen molar-refractivity contribution in [3.63, 3.8) is 0 Å². The maximum Gasteiger partial charge on any atom is 0.305 e. The van der Waals surface area contributed by atoms with Gasteiger partial charge in [0.1, 0.15) is 0 Å². The molecular formula is C8H14Br2O2. The molecule has 4 heteroatoms. The molecule has 0 saturated carbocycles. The van der Waals surface area contributed by atoms with Gasteiger partial charge in [0.05, 0.1) is 6.61 Å².